The predicted molar refractivity (Wildman–Crippen MR) is 85.4 cm³/mol. The van der Waals surface area contributed by atoms with Crippen LogP contribution < -0.4 is 10.1 Å². The van der Waals surface area contributed by atoms with Gasteiger partial charge in [0.25, 0.3) is 0 Å². The lowest BCUT2D eigenvalue weighted by atomic mass is 10.0. The van der Waals surface area contributed by atoms with Gasteiger partial charge in [0.05, 0.1) is 6.10 Å². The second-order valence-electron chi connectivity index (χ2n) is 6.04. The summed E-state index contributed by atoms with van der Waals surface area (Å²) in [6, 6.07) is 7.03. The average Bonchev–Trinajstić information content (AvgIpc) is 2.70. The van der Waals surface area contributed by atoms with E-state index in [0.717, 1.165) is 12.3 Å². The molecule has 0 aromatic heterocycles. The van der Waals surface area contributed by atoms with Gasteiger partial charge < -0.3 is 10.1 Å². The van der Waals surface area contributed by atoms with Gasteiger partial charge in [0.1, 0.15) is 5.75 Å². The van der Waals surface area contributed by atoms with Crippen molar-refractivity contribution >= 4 is 0 Å². The minimum absolute atomic E-state index is 0.408. The van der Waals surface area contributed by atoms with E-state index in [1.54, 1.807) is 0 Å². The first-order valence-electron chi connectivity index (χ1n) is 8.21. The predicted octanol–water partition coefficient (Wildman–Crippen LogP) is 4.77. The Morgan fingerprint density at radius 3 is 2.50 bits per heavy atom. The molecule has 0 aliphatic heterocycles. The Kier molecular flexibility index (Phi) is 5.90. The molecule has 0 heterocycles. The molecule has 20 heavy (non-hydrogen) atoms. The van der Waals surface area contributed by atoms with E-state index in [1.807, 2.05) is 0 Å². The number of hydrogen-bond donors (Lipinski definition) is 1. The maximum atomic E-state index is 6.24. The molecule has 1 saturated carbocycles. The lowest BCUT2D eigenvalue weighted by molar-refractivity contribution is 0.182. The van der Waals surface area contributed by atoms with Crippen molar-refractivity contribution in [2.24, 2.45) is 0 Å². The van der Waals surface area contributed by atoms with Crippen LogP contribution in [-0.2, 0) is 0 Å². The van der Waals surface area contributed by atoms with Crippen molar-refractivity contribution in [3.63, 3.8) is 0 Å². The highest BCUT2D eigenvalue weighted by atomic mass is 16.5. The van der Waals surface area contributed by atoms with Gasteiger partial charge in [0.15, 0.2) is 0 Å². The van der Waals surface area contributed by atoms with Crippen molar-refractivity contribution in [1.82, 2.24) is 5.32 Å². The number of ether oxygens (including phenoxy) is 1. The summed E-state index contributed by atoms with van der Waals surface area (Å²) in [5.41, 5.74) is 2.61. The highest BCUT2D eigenvalue weighted by molar-refractivity contribution is 5.37. The van der Waals surface area contributed by atoms with Crippen molar-refractivity contribution < 1.29 is 4.74 Å². The quantitative estimate of drug-likeness (QED) is 0.782. The van der Waals surface area contributed by atoms with Gasteiger partial charge in [-0.05, 0) is 63.3 Å². The van der Waals surface area contributed by atoms with Crippen molar-refractivity contribution in [2.45, 2.75) is 71.4 Å². The summed E-state index contributed by atoms with van der Waals surface area (Å²) in [6.45, 7) is 7.52. The minimum atomic E-state index is 0.408. The zero-order valence-corrected chi connectivity index (χ0v) is 13.2. The summed E-state index contributed by atoms with van der Waals surface area (Å²) in [6.07, 6.45) is 8.24. The van der Waals surface area contributed by atoms with Crippen LogP contribution >= 0.6 is 0 Å². The van der Waals surface area contributed by atoms with E-state index in [-0.39, 0.29) is 0 Å². The van der Waals surface area contributed by atoms with Crippen molar-refractivity contribution in [1.29, 1.82) is 0 Å². The number of rotatable bonds is 5. The van der Waals surface area contributed by atoms with Crippen molar-refractivity contribution in [3.8, 4) is 5.75 Å². The lowest BCUT2D eigenvalue weighted by Crippen LogP contribution is -2.18. The first-order valence-corrected chi connectivity index (χ1v) is 8.21. The maximum Gasteiger partial charge on any atom is 0.122 e. The molecular weight excluding hydrogens is 246 g/mol. The Bertz CT molecular complexity index is 408. The highest BCUT2D eigenvalue weighted by Crippen LogP contribution is 2.27. The molecule has 1 aliphatic rings. The molecule has 2 heteroatoms. The van der Waals surface area contributed by atoms with Gasteiger partial charge in [-0.25, -0.2) is 0 Å². The van der Waals surface area contributed by atoms with Crippen molar-refractivity contribution in [2.75, 3.05) is 6.54 Å². The molecule has 1 aromatic carbocycles. The molecule has 1 aliphatic carbocycles. The Labute approximate surface area is 123 Å². The lowest BCUT2D eigenvalue weighted by Gasteiger charge is -2.20. The van der Waals surface area contributed by atoms with Gasteiger partial charge >= 0.3 is 0 Å². The van der Waals surface area contributed by atoms with Crippen LogP contribution in [0.25, 0.3) is 0 Å². The maximum absolute atomic E-state index is 6.24. The molecule has 112 valence electrons. The normalized spacial score (nSPS) is 18.6. The molecule has 2 nitrogen and oxygen atoms in total. The number of nitrogens with one attached hydrogen (secondary N) is 1. The molecular formula is C18H29NO. The smallest absolute Gasteiger partial charge is 0.122 e. The van der Waals surface area contributed by atoms with Crippen LogP contribution in [-0.4, -0.2) is 12.6 Å². The van der Waals surface area contributed by atoms with Crippen LogP contribution in [0.1, 0.15) is 69.5 Å². The van der Waals surface area contributed by atoms with Gasteiger partial charge in [-0.2, -0.15) is 0 Å². The van der Waals surface area contributed by atoms with E-state index < -0.39 is 0 Å². The van der Waals surface area contributed by atoms with E-state index >= 15 is 0 Å². The minimum Gasteiger partial charge on any atom is -0.490 e. The van der Waals surface area contributed by atoms with E-state index in [4.69, 9.17) is 4.74 Å². The first kappa shape index (κ1) is 15.4. The number of hydrogen-bond acceptors (Lipinski definition) is 2. The molecule has 1 fully saturated rings. The summed E-state index contributed by atoms with van der Waals surface area (Å²) in [5, 5.41) is 3.46. The van der Waals surface area contributed by atoms with Crippen LogP contribution in [0.15, 0.2) is 18.2 Å². The number of benzene rings is 1. The summed E-state index contributed by atoms with van der Waals surface area (Å²) in [4.78, 5) is 0. The molecule has 0 saturated heterocycles. The summed E-state index contributed by atoms with van der Waals surface area (Å²) in [5.74, 6) is 1.07. The second-order valence-corrected chi connectivity index (χ2v) is 6.04. The highest BCUT2D eigenvalue weighted by Gasteiger charge is 2.15. The van der Waals surface area contributed by atoms with Gasteiger partial charge in [-0.3, -0.25) is 0 Å². The average molecular weight is 275 g/mol. The molecule has 1 atom stereocenters. The summed E-state index contributed by atoms with van der Waals surface area (Å²) in [7, 11) is 0. The largest absolute Gasteiger partial charge is 0.490 e. The standard InChI is InChI=1S/C18H29NO/c1-4-19-15(3)16-11-12-18(14(2)13-16)20-17-9-7-5-6-8-10-17/h11-13,15,17,19H,4-10H2,1-3H3. The van der Waals surface area contributed by atoms with E-state index in [0.29, 0.717) is 12.1 Å². The van der Waals surface area contributed by atoms with E-state index in [1.165, 1.54) is 49.7 Å². The molecule has 1 unspecified atom stereocenters. The van der Waals surface area contributed by atoms with Crippen LogP contribution in [0.3, 0.4) is 0 Å². The summed E-state index contributed by atoms with van der Waals surface area (Å²) >= 11 is 0. The Morgan fingerprint density at radius 2 is 1.90 bits per heavy atom. The topological polar surface area (TPSA) is 21.3 Å². The van der Waals surface area contributed by atoms with Gasteiger partial charge in [0, 0.05) is 6.04 Å². The van der Waals surface area contributed by atoms with Gasteiger partial charge in [-0.15, -0.1) is 0 Å². The van der Waals surface area contributed by atoms with Crippen LogP contribution in [0, 0.1) is 6.92 Å². The first-order chi connectivity index (χ1) is 9.70. The van der Waals surface area contributed by atoms with E-state index in [2.05, 4.69) is 44.3 Å². The Hall–Kier alpha value is -1.02. The van der Waals surface area contributed by atoms with E-state index in [9.17, 15) is 0 Å². The monoisotopic (exact) mass is 275 g/mol. The molecule has 0 spiro atoms. The fourth-order valence-corrected chi connectivity index (χ4v) is 3.04. The summed E-state index contributed by atoms with van der Waals surface area (Å²) < 4.78 is 6.24. The fraction of sp³-hybridized carbons (Fsp3) is 0.667. The zero-order valence-electron chi connectivity index (χ0n) is 13.2. The third-order valence-electron chi connectivity index (χ3n) is 4.31. The molecule has 0 amide bonds. The zero-order chi connectivity index (χ0) is 14.4. The van der Waals surface area contributed by atoms with Crippen LogP contribution in [0.4, 0.5) is 0 Å². The van der Waals surface area contributed by atoms with Gasteiger partial charge in [0.2, 0.25) is 0 Å². The number of aryl methyl sites for hydroxylation is 1. The van der Waals surface area contributed by atoms with Gasteiger partial charge in [-0.1, -0.05) is 31.9 Å². The molecule has 1 aromatic rings. The second kappa shape index (κ2) is 7.68. The van der Waals surface area contributed by atoms with Crippen LogP contribution in [0.5, 0.6) is 5.75 Å². The molecule has 0 bridgehead atoms. The molecule has 2 rings (SSSR count). The SMILES string of the molecule is CCNC(C)c1ccc(OC2CCCCCC2)c(C)c1. The third kappa shape index (κ3) is 4.24. The molecule has 1 N–H and O–H groups in total. The Morgan fingerprint density at radius 1 is 1.20 bits per heavy atom. The Balaban J connectivity index is 2.01. The van der Waals surface area contributed by atoms with Crippen molar-refractivity contribution in [3.05, 3.63) is 29.3 Å². The third-order valence-corrected chi connectivity index (χ3v) is 4.31. The fourth-order valence-electron chi connectivity index (χ4n) is 3.04. The molecule has 0 radical (unpaired) electrons. The van der Waals surface area contributed by atoms with Crippen LogP contribution in [0.2, 0.25) is 0 Å².